The van der Waals surface area contributed by atoms with Gasteiger partial charge in [-0.2, -0.15) is 0 Å². The fourth-order valence-corrected chi connectivity index (χ4v) is 1.19. The minimum absolute atomic E-state index is 0.0454. The van der Waals surface area contributed by atoms with Gasteiger partial charge in [0, 0.05) is 19.2 Å². The first kappa shape index (κ1) is 13.8. The van der Waals surface area contributed by atoms with Crippen molar-refractivity contribution in [1.29, 1.82) is 0 Å². The molecule has 0 aliphatic rings. The van der Waals surface area contributed by atoms with Gasteiger partial charge in [-0.15, -0.1) is 0 Å². The van der Waals surface area contributed by atoms with E-state index < -0.39 is 18.0 Å². The van der Waals surface area contributed by atoms with E-state index in [1.165, 1.54) is 12.5 Å². The van der Waals surface area contributed by atoms with Crippen molar-refractivity contribution in [2.24, 2.45) is 0 Å². The summed E-state index contributed by atoms with van der Waals surface area (Å²) in [6.45, 7) is -0.150. The lowest BCUT2D eigenvalue weighted by molar-refractivity contribution is -0.139. The van der Waals surface area contributed by atoms with Gasteiger partial charge in [0.2, 0.25) is 0 Å². The molecule has 8 nitrogen and oxygen atoms in total. The summed E-state index contributed by atoms with van der Waals surface area (Å²) in [6, 6.07) is -0.113. The van der Waals surface area contributed by atoms with E-state index in [0.717, 1.165) is 0 Å². The van der Waals surface area contributed by atoms with Crippen LogP contribution in [0.4, 0.5) is 4.79 Å². The van der Waals surface area contributed by atoms with Crippen molar-refractivity contribution in [3.05, 3.63) is 24.3 Å². The maximum atomic E-state index is 11.4. The average molecular weight is 254 g/mol. The summed E-state index contributed by atoms with van der Waals surface area (Å²) in [7, 11) is 0. The van der Waals surface area contributed by atoms with E-state index in [-0.39, 0.29) is 19.6 Å². The molecule has 1 unspecified atom stereocenters. The SMILES string of the molecule is O=C(NCc1ccncn1)NC(CCO)C(=O)O. The summed E-state index contributed by atoms with van der Waals surface area (Å²) in [6.07, 6.45) is 2.84. The molecule has 0 saturated heterocycles. The molecule has 0 fully saturated rings. The highest BCUT2D eigenvalue weighted by atomic mass is 16.4. The number of aliphatic hydroxyl groups is 1. The van der Waals surface area contributed by atoms with Crippen LogP contribution in [-0.2, 0) is 11.3 Å². The third-order valence-electron chi connectivity index (χ3n) is 2.09. The summed E-state index contributed by atoms with van der Waals surface area (Å²) in [5, 5.41) is 22.1. The smallest absolute Gasteiger partial charge is 0.326 e. The molecule has 0 aliphatic heterocycles. The Kier molecular flexibility index (Phi) is 5.52. The predicted octanol–water partition coefficient (Wildman–Crippen LogP) is -0.889. The zero-order valence-electron chi connectivity index (χ0n) is 9.54. The van der Waals surface area contributed by atoms with Crippen LogP contribution in [-0.4, -0.2) is 44.8 Å². The Bertz CT molecular complexity index is 398. The summed E-state index contributed by atoms with van der Waals surface area (Å²) in [5.74, 6) is -1.19. The maximum Gasteiger partial charge on any atom is 0.326 e. The van der Waals surface area contributed by atoms with Gasteiger partial charge in [0.05, 0.1) is 12.2 Å². The number of hydrogen-bond donors (Lipinski definition) is 4. The van der Waals surface area contributed by atoms with Crippen LogP contribution >= 0.6 is 0 Å². The van der Waals surface area contributed by atoms with Crippen LogP contribution in [0.2, 0.25) is 0 Å². The monoisotopic (exact) mass is 254 g/mol. The maximum absolute atomic E-state index is 11.4. The zero-order valence-corrected chi connectivity index (χ0v) is 9.54. The molecule has 98 valence electrons. The molecule has 1 rings (SSSR count). The van der Waals surface area contributed by atoms with Crippen molar-refractivity contribution in [2.45, 2.75) is 19.0 Å². The molecule has 0 radical (unpaired) electrons. The molecule has 1 aromatic rings. The first-order valence-electron chi connectivity index (χ1n) is 5.26. The molecule has 0 spiro atoms. The summed E-state index contributed by atoms with van der Waals surface area (Å²) in [5.41, 5.74) is 0.606. The Balaban J connectivity index is 2.39. The number of rotatable bonds is 6. The number of hydrogen-bond acceptors (Lipinski definition) is 5. The van der Waals surface area contributed by atoms with Crippen molar-refractivity contribution in [3.63, 3.8) is 0 Å². The van der Waals surface area contributed by atoms with Crippen LogP contribution in [0.15, 0.2) is 18.6 Å². The van der Waals surface area contributed by atoms with Crippen LogP contribution in [0.1, 0.15) is 12.1 Å². The van der Waals surface area contributed by atoms with Gasteiger partial charge in [-0.1, -0.05) is 0 Å². The van der Waals surface area contributed by atoms with E-state index in [1.807, 2.05) is 0 Å². The lowest BCUT2D eigenvalue weighted by Gasteiger charge is -2.13. The third-order valence-corrected chi connectivity index (χ3v) is 2.09. The van der Waals surface area contributed by atoms with E-state index in [1.54, 1.807) is 6.07 Å². The van der Waals surface area contributed by atoms with Crippen LogP contribution in [0.25, 0.3) is 0 Å². The Morgan fingerprint density at radius 3 is 2.78 bits per heavy atom. The van der Waals surface area contributed by atoms with E-state index >= 15 is 0 Å². The van der Waals surface area contributed by atoms with Gasteiger partial charge in [-0.05, 0) is 6.07 Å². The molecule has 0 saturated carbocycles. The number of aliphatic carboxylic acids is 1. The molecule has 0 aliphatic carbocycles. The first-order valence-corrected chi connectivity index (χ1v) is 5.26. The standard InChI is InChI=1S/C10H14N4O4/c15-4-2-8(9(16)17)14-10(18)12-5-7-1-3-11-6-13-7/h1,3,6,8,15H,2,4-5H2,(H,16,17)(H2,12,14,18). The highest BCUT2D eigenvalue weighted by molar-refractivity contribution is 5.82. The fraction of sp³-hybridized carbons (Fsp3) is 0.400. The summed E-state index contributed by atoms with van der Waals surface area (Å²) >= 11 is 0. The number of nitrogens with one attached hydrogen (secondary N) is 2. The molecule has 1 atom stereocenters. The number of amides is 2. The van der Waals surface area contributed by atoms with Gasteiger partial charge in [0.1, 0.15) is 12.4 Å². The van der Waals surface area contributed by atoms with E-state index in [0.29, 0.717) is 5.69 Å². The van der Waals surface area contributed by atoms with Gasteiger partial charge in [0.15, 0.2) is 0 Å². The fourth-order valence-electron chi connectivity index (χ4n) is 1.19. The van der Waals surface area contributed by atoms with Crippen molar-refractivity contribution in [3.8, 4) is 0 Å². The van der Waals surface area contributed by atoms with Crippen LogP contribution in [0, 0.1) is 0 Å². The largest absolute Gasteiger partial charge is 0.480 e. The number of carboxylic acids is 1. The number of aromatic nitrogens is 2. The van der Waals surface area contributed by atoms with Crippen molar-refractivity contribution >= 4 is 12.0 Å². The lowest BCUT2D eigenvalue weighted by atomic mass is 10.2. The molecule has 1 heterocycles. The van der Waals surface area contributed by atoms with E-state index in [9.17, 15) is 9.59 Å². The van der Waals surface area contributed by atoms with E-state index in [2.05, 4.69) is 20.6 Å². The summed E-state index contributed by atoms with van der Waals surface area (Å²) < 4.78 is 0. The second-order valence-electron chi connectivity index (χ2n) is 3.43. The molecule has 0 aromatic carbocycles. The highest BCUT2D eigenvalue weighted by Gasteiger charge is 2.18. The molecule has 2 amide bonds. The Hall–Kier alpha value is -2.22. The number of carboxylic acid groups (broad SMARTS) is 1. The number of nitrogens with zero attached hydrogens (tertiary/aromatic N) is 2. The second-order valence-corrected chi connectivity index (χ2v) is 3.43. The van der Waals surface area contributed by atoms with Gasteiger partial charge in [-0.3, -0.25) is 0 Å². The van der Waals surface area contributed by atoms with Crippen LogP contribution in [0.5, 0.6) is 0 Å². The normalized spacial score (nSPS) is 11.6. The van der Waals surface area contributed by atoms with Crippen LogP contribution in [0.3, 0.4) is 0 Å². The van der Waals surface area contributed by atoms with Gasteiger partial charge < -0.3 is 20.8 Å². The van der Waals surface area contributed by atoms with Gasteiger partial charge >= 0.3 is 12.0 Å². The molecule has 4 N–H and O–H groups in total. The topological polar surface area (TPSA) is 124 Å². The third kappa shape index (κ3) is 4.74. The molecule has 1 aromatic heterocycles. The molecular formula is C10H14N4O4. The quantitative estimate of drug-likeness (QED) is 0.522. The molecule has 8 heteroatoms. The van der Waals surface area contributed by atoms with Gasteiger partial charge in [-0.25, -0.2) is 19.6 Å². The van der Waals surface area contributed by atoms with Crippen molar-refractivity contribution < 1.29 is 19.8 Å². The molecule has 0 bridgehead atoms. The zero-order chi connectivity index (χ0) is 13.4. The molecular weight excluding hydrogens is 240 g/mol. The Morgan fingerprint density at radius 1 is 1.44 bits per heavy atom. The Morgan fingerprint density at radius 2 is 2.22 bits per heavy atom. The van der Waals surface area contributed by atoms with Gasteiger partial charge in [0.25, 0.3) is 0 Å². The highest BCUT2D eigenvalue weighted by Crippen LogP contribution is 1.93. The molecule has 18 heavy (non-hydrogen) atoms. The second kappa shape index (κ2) is 7.17. The number of urea groups is 1. The minimum atomic E-state index is -1.19. The number of carbonyl (C=O) groups is 2. The van der Waals surface area contributed by atoms with Crippen LogP contribution < -0.4 is 10.6 Å². The first-order chi connectivity index (χ1) is 8.63. The predicted molar refractivity (Wildman–Crippen MR) is 60.5 cm³/mol. The number of carbonyl (C=O) groups excluding carboxylic acids is 1. The van der Waals surface area contributed by atoms with E-state index in [4.69, 9.17) is 10.2 Å². The number of aliphatic hydroxyl groups excluding tert-OH is 1. The Labute approximate surface area is 103 Å². The van der Waals surface area contributed by atoms with Crippen molar-refractivity contribution in [1.82, 2.24) is 20.6 Å². The lowest BCUT2D eigenvalue weighted by Crippen LogP contribution is -2.46. The minimum Gasteiger partial charge on any atom is -0.480 e. The van der Waals surface area contributed by atoms with Crippen molar-refractivity contribution in [2.75, 3.05) is 6.61 Å². The summed E-state index contributed by atoms with van der Waals surface area (Å²) in [4.78, 5) is 29.7. The average Bonchev–Trinajstić information content (AvgIpc) is 2.37.